The van der Waals surface area contributed by atoms with Crippen molar-refractivity contribution in [2.45, 2.75) is 19.9 Å². The van der Waals surface area contributed by atoms with E-state index in [2.05, 4.69) is 0 Å². The summed E-state index contributed by atoms with van der Waals surface area (Å²) >= 11 is 0. The minimum Gasteiger partial charge on any atom is -0.508 e. The van der Waals surface area contributed by atoms with E-state index in [1.807, 2.05) is 6.92 Å². The lowest BCUT2D eigenvalue weighted by Crippen LogP contribution is -2.28. The van der Waals surface area contributed by atoms with Crippen molar-refractivity contribution in [3.63, 3.8) is 0 Å². The molecule has 0 amide bonds. The predicted octanol–water partition coefficient (Wildman–Crippen LogP) is 1.56. The van der Waals surface area contributed by atoms with Crippen LogP contribution in [0.25, 0.3) is 0 Å². The molecule has 0 bridgehead atoms. The molecule has 1 aromatic rings. The van der Waals surface area contributed by atoms with Crippen molar-refractivity contribution in [1.29, 1.82) is 0 Å². The number of nitrogens with zero attached hydrogens (tertiary/aromatic N) is 1. The first kappa shape index (κ1) is 13.0. The van der Waals surface area contributed by atoms with E-state index in [0.29, 0.717) is 13.0 Å². The summed E-state index contributed by atoms with van der Waals surface area (Å²) in [6.07, 6.45) is 0.613. The van der Waals surface area contributed by atoms with E-state index in [1.54, 1.807) is 31.3 Å². The molecule has 16 heavy (non-hydrogen) atoms. The fourth-order valence-electron chi connectivity index (χ4n) is 1.37. The second-order valence-electron chi connectivity index (χ2n) is 3.74. The van der Waals surface area contributed by atoms with E-state index in [1.165, 1.54) is 4.31 Å². The lowest BCUT2D eigenvalue weighted by molar-refractivity contribution is 0.463. The summed E-state index contributed by atoms with van der Waals surface area (Å²) < 4.78 is 24.7. The number of rotatable bonds is 5. The maximum Gasteiger partial charge on any atom is 0.214 e. The van der Waals surface area contributed by atoms with Gasteiger partial charge in [0, 0.05) is 13.6 Å². The highest BCUT2D eigenvalue weighted by Crippen LogP contribution is 2.13. The number of hydrogen-bond acceptors (Lipinski definition) is 3. The third kappa shape index (κ3) is 3.50. The fraction of sp³-hybridized carbons (Fsp3) is 0.455. The molecule has 90 valence electrons. The van der Waals surface area contributed by atoms with Crippen LogP contribution < -0.4 is 0 Å². The van der Waals surface area contributed by atoms with Crippen LogP contribution in [0.4, 0.5) is 0 Å². The molecular weight excluding hydrogens is 226 g/mol. The monoisotopic (exact) mass is 243 g/mol. The van der Waals surface area contributed by atoms with Gasteiger partial charge in [-0.15, -0.1) is 0 Å². The average molecular weight is 243 g/mol. The molecule has 0 radical (unpaired) electrons. The summed E-state index contributed by atoms with van der Waals surface area (Å²) in [5, 5.41) is 9.10. The predicted molar refractivity (Wildman–Crippen MR) is 63.7 cm³/mol. The molecule has 0 aliphatic heterocycles. The van der Waals surface area contributed by atoms with Crippen molar-refractivity contribution in [2.24, 2.45) is 0 Å². The zero-order valence-electron chi connectivity index (χ0n) is 9.55. The summed E-state index contributed by atoms with van der Waals surface area (Å²) in [5.74, 6) is 0.351. The first-order valence-corrected chi connectivity index (χ1v) is 6.78. The smallest absolute Gasteiger partial charge is 0.214 e. The Balaban J connectivity index is 2.71. The van der Waals surface area contributed by atoms with Gasteiger partial charge in [0.25, 0.3) is 0 Å². The van der Waals surface area contributed by atoms with Crippen LogP contribution in [0.3, 0.4) is 0 Å². The first-order valence-electron chi connectivity index (χ1n) is 5.17. The first-order chi connectivity index (χ1) is 7.45. The molecule has 4 nitrogen and oxygen atoms in total. The quantitative estimate of drug-likeness (QED) is 0.854. The second-order valence-corrected chi connectivity index (χ2v) is 5.93. The highest BCUT2D eigenvalue weighted by atomic mass is 32.2. The summed E-state index contributed by atoms with van der Waals surface area (Å²) in [6, 6.07) is 6.53. The molecule has 0 atom stereocenters. The standard InChI is InChI=1S/C11H17NO3S/c1-3-8-16(14,15)12(2)9-10-4-6-11(13)7-5-10/h4-7,13H,3,8-9H2,1-2H3. The lowest BCUT2D eigenvalue weighted by atomic mass is 10.2. The van der Waals surface area contributed by atoms with Crippen LogP contribution in [-0.4, -0.2) is 30.6 Å². The molecule has 5 heteroatoms. The van der Waals surface area contributed by atoms with E-state index in [-0.39, 0.29) is 11.5 Å². The van der Waals surface area contributed by atoms with E-state index in [0.717, 1.165) is 5.56 Å². The Morgan fingerprint density at radius 3 is 2.31 bits per heavy atom. The minimum absolute atomic E-state index is 0.168. The Bertz CT molecular complexity index is 425. The maximum absolute atomic E-state index is 11.7. The molecule has 1 N–H and O–H groups in total. The fourth-order valence-corrected chi connectivity index (χ4v) is 2.54. The van der Waals surface area contributed by atoms with Crippen molar-refractivity contribution in [2.75, 3.05) is 12.8 Å². The van der Waals surface area contributed by atoms with Gasteiger partial charge in [0.05, 0.1) is 5.75 Å². The van der Waals surface area contributed by atoms with Crippen LogP contribution in [-0.2, 0) is 16.6 Å². The molecule has 1 aromatic carbocycles. The molecule has 0 aromatic heterocycles. The number of phenolic OH excluding ortho intramolecular Hbond substituents is 1. The number of hydrogen-bond donors (Lipinski definition) is 1. The van der Waals surface area contributed by atoms with Gasteiger partial charge < -0.3 is 5.11 Å². The summed E-state index contributed by atoms with van der Waals surface area (Å²) in [6.45, 7) is 2.18. The topological polar surface area (TPSA) is 57.6 Å². The molecule has 0 aliphatic rings. The third-order valence-corrected chi connectivity index (χ3v) is 4.28. The Morgan fingerprint density at radius 2 is 1.81 bits per heavy atom. The summed E-state index contributed by atoms with van der Waals surface area (Å²) in [4.78, 5) is 0. The van der Waals surface area contributed by atoms with Gasteiger partial charge >= 0.3 is 0 Å². The Labute approximate surface area is 96.6 Å². The van der Waals surface area contributed by atoms with Gasteiger partial charge in [0.15, 0.2) is 0 Å². The van der Waals surface area contributed by atoms with Crippen LogP contribution in [0, 0.1) is 0 Å². The number of sulfonamides is 1. The molecule has 1 rings (SSSR count). The van der Waals surface area contributed by atoms with Gasteiger partial charge in [-0.3, -0.25) is 0 Å². The Kier molecular flexibility index (Phi) is 4.32. The van der Waals surface area contributed by atoms with E-state index in [9.17, 15) is 8.42 Å². The van der Waals surface area contributed by atoms with Gasteiger partial charge in [-0.2, -0.15) is 0 Å². The minimum atomic E-state index is -3.15. The third-order valence-electron chi connectivity index (χ3n) is 2.28. The zero-order valence-corrected chi connectivity index (χ0v) is 10.4. The summed E-state index contributed by atoms with van der Waals surface area (Å²) in [5.41, 5.74) is 0.861. The highest BCUT2D eigenvalue weighted by molar-refractivity contribution is 7.89. The van der Waals surface area contributed by atoms with Crippen LogP contribution in [0.2, 0.25) is 0 Å². The molecule has 0 aliphatic carbocycles. The van der Waals surface area contributed by atoms with Crippen LogP contribution >= 0.6 is 0 Å². The zero-order chi connectivity index (χ0) is 12.2. The van der Waals surface area contributed by atoms with Crippen molar-refractivity contribution >= 4 is 10.0 Å². The molecule has 0 spiro atoms. The van der Waals surface area contributed by atoms with Gasteiger partial charge in [-0.05, 0) is 24.1 Å². The Morgan fingerprint density at radius 1 is 1.25 bits per heavy atom. The average Bonchev–Trinajstić information content (AvgIpc) is 2.21. The maximum atomic E-state index is 11.7. The number of benzene rings is 1. The molecular formula is C11H17NO3S. The van der Waals surface area contributed by atoms with E-state index in [4.69, 9.17) is 5.11 Å². The molecule has 0 unspecified atom stereocenters. The molecule has 0 saturated heterocycles. The highest BCUT2D eigenvalue weighted by Gasteiger charge is 2.16. The van der Waals surface area contributed by atoms with Crippen LogP contribution in [0.5, 0.6) is 5.75 Å². The number of aromatic hydroxyl groups is 1. The summed E-state index contributed by atoms with van der Waals surface area (Å²) in [7, 11) is -1.58. The van der Waals surface area contributed by atoms with Gasteiger partial charge in [0.2, 0.25) is 10.0 Å². The van der Waals surface area contributed by atoms with Crippen molar-refractivity contribution in [3.8, 4) is 5.75 Å². The van der Waals surface area contributed by atoms with E-state index < -0.39 is 10.0 Å². The van der Waals surface area contributed by atoms with Gasteiger partial charge in [0.1, 0.15) is 5.75 Å². The van der Waals surface area contributed by atoms with Crippen molar-refractivity contribution in [1.82, 2.24) is 4.31 Å². The molecule has 0 heterocycles. The normalized spacial score (nSPS) is 11.9. The molecule has 0 saturated carbocycles. The largest absolute Gasteiger partial charge is 0.508 e. The lowest BCUT2D eigenvalue weighted by Gasteiger charge is -2.16. The second kappa shape index (κ2) is 5.32. The SMILES string of the molecule is CCCS(=O)(=O)N(C)Cc1ccc(O)cc1. The van der Waals surface area contributed by atoms with Crippen LogP contribution in [0.1, 0.15) is 18.9 Å². The van der Waals surface area contributed by atoms with Crippen LogP contribution in [0.15, 0.2) is 24.3 Å². The van der Waals surface area contributed by atoms with Gasteiger partial charge in [-0.25, -0.2) is 12.7 Å². The van der Waals surface area contributed by atoms with E-state index >= 15 is 0 Å². The Hall–Kier alpha value is -1.07. The molecule has 0 fully saturated rings. The van der Waals surface area contributed by atoms with Gasteiger partial charge in [-0.1, -0.05) is 19.1 Å². The number of phenols is 1. The van der Waals surface area contributed by atoms with Crippen molar-refractivity contribution in [3.05, 3.63) is 29.8 Å². The van der Waals surface area contributed by atoms with Crippen molar-refractivity contribution < 1.29 is 13.5 Å².